The lowest BCUT2D eigenvalue weighted by Crippen LogP contribution is -2.43. The quantitative estimate of drug-likeness (QED) is 0.489. The van der Waals surface area contributed by atoms with Crippen molar-refractivity contribution >= 4 is 11.6 Å². The zero-order chi connectivity index (χ0) is 21.6. The lowest BCUT2D eigenvalue weighted by atomic mass is 9.68. The van der Waals surface area contributed by atoms with E-state index >= 15 is 0 Å². The number of anilines is 1. The molecule has 2 aliphatic heterocycles. The van der Waals surface area contributed by atoms with Crippen LogP contribution in [0.5, 0.6) is 5.75 Å². The summed E-state index contributed by atoms with van der Waals surface area (Å²) in [5.41, 5.74) is 4.05. The molecule has 0 saturated carbocycles. The van der Waals surface area contributed by atoms with Gasteiger partial charge in [-0.05, 0) is 40.8 Å². The average molecular weight is 410 g/mol. The van der Waals surface area contributed by atoms with Gasteiger partial charge in [-0.1, -0.05) is 81.4 Å². The van der Waals surface area contributed by atoms with Crippen LogP contribution in [-0.2, 0) is 15.6 Å². The molecule has 2 aliphatic rings. The molecular weight excluding hydrogens is 382 g/mol. The fourth-order valence-corrected chi connectivity index (χ4v) is 4.82. The third-order valence-corrected chi connectivity index (χ3v) is 6.41. The number of nitrogens with zero attached hydrogens (tertiary/aromatic N) is 1. The minimum Gasteiger partial charge on any atom is -0.489 e. The van der Waals surface area contributed by atoms with E-state index < -0.39 is 5.41 Å². The molecule has 0 fully saturated rings. The van der Waals surface area contributed by atoms with Crippen molar-refractivity contribution in [2.75, 3.05) is 18.1 Å². The van der Waals surface area contributed by atoms with Crippen molar-refractivity contribution in [1.29, 1.82) is 0 Å². The van der Waals surface area contributed by atoms with Crippen LogP contribution in [0.25, 0.3) is 0 Å². The number of benzene rings is 3. The van der Waals surface area contributed by atoms with Crippen molar-refractivity contribution in [3.63, 3.8) is 0 Å². The van der Waals surface area contributed by atoms with Crippen molar-refractivity contribution in [2.45, 2.75) is 31.6 Å². The Morgan fingerprint density at radius 3 is 2.39 bits per heavy atom. The Balaban J connectivity index is 1.93. The fourth-order valence-electron chi connectivity index (χ4n) is 4.82. The number of carbonyl (C=O) groups excluding carboxylic acids is 1. The predicted octanol–water partition coefficient (Wildman–Crippen LogP) is 5.61. The molecule has 2 heterocycles. The summed E-state index contributed by atoms with van der Waals surface area (Å²) in [6, 6.07) is 24.7. The van der Waals surface area contributed by atoms with Gasteiger partial charge in [-0.2, -0.15) is 0 Å². The van der Waals surface area contributed by atoms with E-state index in [2.05, 4.69) is 57.2 Å². The first-order valence-electron chi connectivity index (χ1n) is 10.8. The maximum atomic E-state index is 14.4. The van der Waals surface area contributed by atoms with Gasteiger partial charge in [-0.25, -0.2) is 0 Å². The van der Waals surface area contributed by atoms with Gasteiger partial charge in [-0.3, -0.25) is 4.79 Å². The molecule has 1 unspecified atom stereocenters. The number of rotatable bonds is 1. The van der Waals surface area contributed by atoms with Crippen LogP contribution in [-0.4, -0.2) is 19.1 Å². The number of para-hydroxylation sites is 1. The first kappa shape index (κ1) is 19.6. The average Bonchev–Trinajstić information content (AvgIpc) is 3.01. The Kier molecular flexibility index (Phi) is 4.51. The maximum absolute atomic E-state index is 14.4. The summed E-state index contributed by atoms with van der Waals surface area (Å²) >= 11 is 0. The van der Waals surface area contributed by atoms with Crippen LogP contribution in [0.2, 0.25) is 0 Å². The molecule has 31 heavy (non-hydrogen) atoms. The summed E-state index contributed by atoms with van der Waals surface area (Å²) in [6.07, 6.45) is 4.01. The minimum atomic E-state index is -0.945. The first-order chi connectivity index (χ1) is 14.9. The molecule has 0 spiro atoms. The number of amides is 1. The number of carbonyl (C=O) groups is 1. The van der Waals surface area contributed by atoms with Crippen LogP contribution in [0.15, 0.2) is 84.9 Å². The molecule has 0 aromatic heterocycles. The van der Waals surface area contributed by atoms with Gasteiger partial charge in [0.05, 0.1) is 0 Å². The van der Waals surface area contributed by atoms with E-state index in [4.69, 9.17) is 4.74 Å². The van der Waals surface area contributed by atoms with Gasteiger partial charge in [0.25, 0.3) is 0 Å². The molecule has 3 nitrogen and oxygen atoms in total. The Bertz CT molecular complexity index is 1170. The van der Waals surface area contributed by atoms with E-state index in [1.807, 2.05) is 53.5 Å². The summed E-state index contributed by atoms with van der Waals surface area (Å²) in [4.78, 5) is 16.3. The van der Waals surface area contributed by atoms with Gasteiger partial charge in [-0.15, -0.1) is 0 Å². The van der Waals surface area contributed by atoms with Crippen LogP contribution < -0.4 is 9.64 Å². The van der Waals surface area contributed by atoms with Gasteiger partial charge in [0.2, 0.25) is 5.91 Å². The van der Waals surface area contributed by atoms with Gasteiger partial charge < -0.3 is 9.64 Å². The number of fused-ring (bicyclic) bond motifs is 7. The summed E-state index contributed by atoms with van der Waals surface area (Å²) in [5.74, 6) is 0.829. The van der Waals surface area contributed by atoms with Crippen molar-refractivity contribution in [1.82, 2.24) is 0 Å². The lowest BCUT2D eigenvalue weighted by molar-refractivity contribution is -0.120. The van der Waals surface area contributed by atoms with Crippen molar-refractivity contribution in [3.05, 3.63) is 107 Å². The molecule has 0 N–H and O–H groups in total. The van der Waals surface area contributed by atoms with Crippen LogP contribution in [0.4, 0.5) is 5.69 Å². The number of hydrogen-bond acceptors (Lipinski definition) is 2. The standard InChI is InChI=1S/C28H27NO2/c1-27(2,3)21-15-16-25-23(19-21)28(20-11-5-4-6-12-20)22-13-7-8-14-24(22)29(26(28)30)17-9-10-18-31-25/h4-16,19H,17-18H2,1-3H3. The zero-order valence-corrected chi connectivity index (χ0v) is 18.3. The van der Waals surface area contributed by atoms with E-state index in [9.17, 15) is 4.79 Å². The minimum absolute atomic E-state index is 0.0526. The monoisotopic (exact) mass is 409 g/mol. The highest BCUT2D eigenvalue weighted by Gasteiger charge is 2.54. The summed E-state index contributed by atoms with van der Waals surface area (Å²) < 4.78 is 6.23. The fraction of sp³-hybridized carbons (Fsp3) is 0.250. The summed E-state index contributed by atoms with van der Waals surface area (Å²) in [5, 5.41) is 0. The highest BCUT2D eigenvalue weighted by molar-refractivity contribution is 6.13. The molecule has 1 atom stereocenters. The first-order valence-corrected chi connectivity index (χ1v) is 10.8. The topological polar surface area (TPSA) is 29.5 Å². The molecule has 0 radical (unpaired) electrons. The third kappa shape index (κ3) is 2.91. The van der Waals surface area contributed by atoms with E-state index in [-0.39, 0.29) is 11.3 Å². The smallest absolute Gasteiger partial charge is 0.247 e. The van der Waals surface area contributed by atoms with Gasteiger partial charge in [0, 0.05) is 23.4 Å². The second kappa shape index (κ2) is 7.12. The van der Waals surface area contributed by atoms with E-state index in [0.717, 1.165) is 28.1 Å². The molecule has 0 aliphatic carbocycles. The Morgan fingerprint density at radius 1 is 0.871 bits per heavy atom. The zero-order valence-electron chi connectivity index (χ0n) is 18.3. The normalized spacial score (nSPS) is 20.1. The van der Waals surface area contributed by atoms with Gasteiger partial charge >= 0.3 is 0 Å². The lowest BCUT2D eigenvalue weighted by Gasteiger charge is -2.33. The Labute approximate surface area is 184 Å². The van der Waals surface area contributed by atoms with Gasteiger partial charge in [0.1, 0.15) is 17.8 Å². The molecule has 2 bridgehead atoms. The molecule has 0 saturated heterocycles. The summed E-state index contributed by atoms with van der Waals surface area (Å²) in [6.45, 7) is 7.60. The maximum Gasteiger partial charge on any atom is 0.247 e. The highest BCUT2D eigenvalue weighted by Crippen LogP contribution is 2.53. The van der Waals surface area contributed by atoms with Crippen LogP contribution >= 0.6 is 0 Å². The second-order valence-electron chi connectivity index (χ2n) is 9.29. The third-order valence-electron chi connectivity index (χ3n) is 6.41. The predicted molar refractivity (Wildman–Crippen MR) is 125 cm³/mol. The van der Waals surface area contributed by atoms with Crippen LogP contribution in [0.1, 0.15) is 43.0 Å². The number of hydrogen-bond donors (Lipinski definition) is 0. The van der Waals surface area contributed by atoms with E-state index in [1.165, 1.54) is 5.56 Å². The molecule has 1 amide bonds. The van der Waals surface area contributed by atoms with Gasteiger partial charge in [0.15, 0.2) is 0 Å². The molecule has 156 valence electrons. The highest BCUT2D eigenvalue weighted by atomic mass is 16.5. The van der Waals surface area contributed by atoms with E-state index in [0.29, 0.717) is 13.2 Å². The molecule has 3 aromatic rings. The van der Waals surface area contributed by atoms with Crippen LogP contribution in [0, 0.1) is 0 Å². The summed E-state index contributed by atoms with van der Waals surface area (Å²) in [7, 11) is 0. The Hall–Kier alpha value is -3.33. The molecule has 5 rings (SSSR count). The molecular formula is C28H27NO2. The second-order valence-corrected chi connectivity index (χ2v) is 9.29. The van der Waals surface area contributed by atoms with Crippen molar-refractivity contribution in [3.8, 4) is 5.75 Å². The number of ether oxygens (including phenoxy) is 1. The SMILES string of the molecule is CC(C)(C)c1ccc2c(c1)C1(c3ccccc3)C(=O)N(CC=CCO2)c2ccccc21. The largest absolute Gasteiger partial charge is 0.489 e. The van der Waals surface area contributed by atoms with E-state index in [1.54, 1.807) is 0 Å². The molecule has 3 heteroatoms. The molecule has 3 aromatic carbocycles. The van der Waals surface area contributed by atoms with Crippen LogP contribution in [0.3, 0.4) is 0 Å². The van der Waals surface area contributed by atoms with Crippen molar-refractivity contribution in [2.24, 2.45) is 0 Å². The Morgan fingerprint density at radius 2 is 1.61 bits per heavy atom. The van der Waals surface area contributed by atoms with Crippen molar-refractivity contribution < 1.29 is 9.53 Å².